The summed E-state index contributed by atoms with van der Waals surface area (Å²) in [6.45, 7) is 1.80. The topological polar surface area (TPSA) is 27.8 Å². The molecule has 0 aliphatic carbocycles. The number of aromatic amines is 1. The van der Waals surface area contributed by atoms with Crippen LogP contribution in [0.2, 0.25) is 0 Å². The molecule has 3 aromatic rings. The van der Waals surface area contributed by atoms with Crippen LogP contribution in [0.3, 0.4) is 0 Å². The van der Waals surface area contributed by atoms with Gasteiger partial charge in [0.25, 0.3) is 0 Å². The molecule has 25 heavy (non-hydrogen) atoms. The third-order valence-electron chi connectivity index (χ3n) is 4.62. The quantitative estimate of drug-likeness (QED) is 0.625. The van der Waals surface area contributed by atoms with E-state index < -0.39 is 11.7 Å². The number of aromatic nitrogens is 1. The first-order valence-corrected chi connectivity index (χ1v) is 8.05. The first-order chi connectivity index (χ1) is 11.5. The van der Waals surface area contributed by atoms with E-state index in [2.05, 4.69) is 10.3 Å². The number of alkyl halides is 3. The highest BCUT2D eigenvalue weighted by molar-refractivity contribution is 5.98. The molecule has 1 aliphatic rings. The maximum absolute atomic E-state index is 13.1. The maximum Gasteiger partial charge on any atom is 0.416 e. The first-order valence-electron chi connectivity index (χ1n) is 8.05. The van der Waals surface area contributed by atoms with E-state index in [9.17, 15) is 13.2 Å². The standard InChI is InChI=1S/C19H17F3N2.ClH/c20-19(21,22)13-4-1-3-12(11-13)14-5-2-6-17-18(14)15-7-9-23-10-8-16(15)24-17;/h1-6,11,23-24H,7-10H2;1H. The second-order valence-electron chi connectivity index (χ2n) is 6.14. The summed E-state index contributed by atoms with van der Waals surface area (Å²) in [7, 11) is 0. The summed E-state index contributed by atoms with van der Waals surface area (Å²) in [6.07, 6.45) is -2.54. The van der Waals surface area contributed by atoms with Gasteiger partial charge in [-0.2, -0.15) is 13.2 Å². The van der Waals surface area contributed by atoms with E-state index in [0.29, 0.717) is 5.56 Å². The lowest BCUT2D eigenvalue weighted by atomic mass is 9.95. The zero-order valence-corrected chi connectivity index (χ0v) is 14.2. The lowest BCUT2D eigenvalue weighted by Gasteiger charge is -2.11. The molecule has 0 bridgehead atoms. The number of hydrogen-bond donors (Lipinski definition) is 2. The highest BCUT2D eigenvalue weighted by Crippen LogP contribution is 2.37. The molecule has 2 heterocycles. The second-order valence-corrected chi connectivity index (χ2v) is 6.14. The van der Waals surface area contributed by atoms with Crippen molar-refractivity contribution < 1.29 is 13.2 Å². The Morgan fingerprint density at radius 2 is 1.68 bits per heavy atom. The molecule has 2 nitrogen and oxygen atoms in total. The Balaban J connectivity index is 0.00000182. The minimum atomic E-state index is -4.33. The van der Waals surface area contributed by atoms with Gasteiger partial charge in [0, 0.05) is 29.6 Å². The molecule has 0 unspecified atom stereocenters. The Labute approximate surface area is 149 Å². The predicted octanol–water partition coefficient (Wildman–Crippen LogP) is 4.96. The Hall–Kier alpha value is -1.98. The van der Waals surface area contributed by atoms with Crippen molar-refractivity contribution in [2.24, 2.45) is 0 Å². The van der Waals surface area contributed by atoms with Gasteiger partial charge in [0.1, 0.15) is 0 Å². The van der Waals surface area contributed by atoms with Crippen molar-refractivity contribution in [1.29, 1.82) is 0 Å². The van der Waals surface area contributed by atoms with E-state index in [4.69, 9.17) is 0 Å². The molecule has 6 heteroatoms. The second kappa shape index (κ2) is 6.73. The van der Waals surface area contributed by atoms with Crippen molar-refractivity contribution in [2.75, 3.05) is 13.1 Å². The molecule has 0 saturated heterocycles. The normalized spacial score (nSPS) is 14.7. The predicted molar refractivity (Wildman–Crippen MR) is 96.3 cm³/mol. The van der Waals surface area contributed by atoms with Crippen molar-refractivity contribution in [1.82, 2.24) is 10.3 Å². The van der Waals surface area contributed by atoms with Crippen LogP contribution in [0.4, 0.5) is 13.2 Å². The number of benzene rings is 2. The molecule has 4 rings (SSSR count). The Kier molecular flexibility index (Phi) is 4.80. The SMILES string of the molecule is Cl.FC(F)(F)c1cccc(-c2cccc3[nH]c4c(c23)CCNCC4)c1. The lowest BCUT2D eigenvalue weighted by molar-refractivity contribution is -0.137. The number of fused-ring (bicyclic) bond motifs is 3. The molecule has 0 atom stereocenters. The third-order valence-corrected chi connectivity index (χ3v) is 4.62. The fourth-order valence-electron chi connectivity index (χ4n) is 3.52. The third kappa shape index (κ3) is 3.26. The molecular weight excluding hydrogens is 349 g/mol. The van der Waals surface area contributed by atoms with Gasteiger partial charge in [-0.05, 0) is 47.9 Å². The summed E-state index contributed by atoms with van der Waals surface area (Å²) >= 11 is 0. The van der Waals surface area contributed by atoms with E-state index in [-0.39, 0.29) is 12.4 Å². The average molecular weight is 367 g/mol. The molecule has 2 aromatic carbocycles. The van der Waals surface area contributed by atoms with Gasteiger partial charge < -0.3 is 10.3 Å². The number of rotatable bonds is 1. The Bertz CT molecular complexity index is 899. The zero-order valence-electron chi connectivity index (χ0n) is 13.4. The van der Waals surface area contributed by atoms with Gasteiger partial charge >= 0.3 is 6.18 Å². The first kappa shape index (κ1) is 17.8. The summed E-state index contributed by atoms with van der Waals surface area (Å²) in [5, 5.41) is 4.42. The van der Waals surface area contributed by atoms with Crippen molar-refractivity contribution in [2.45, 2.75) is 19.0 Å². The summed E-state index contributed by atoms with van der Waals surface area (Å²) in [6, 6.07) is 11.4. The van der Waals surface area contributed by atoms with Crippen LogP contribution in [0.5, 0.6) is 0 Å². The summed E-state index contributed by atoms with van der Waals surface area (Å²) in [5.74, 6) is 0. The molecule has 0 spiro atoms. The fourth-order valence-corrected chi connectivity index (χ4v) is 3.52. The van der Waals surface area contributed by atoms with Crippen LogP contribution in [0.1, 0.15) is 16.8 Å². The molecule has 1 aromatic heterocycles. The molecule has 0 radical (unpaired) electrons. The van der Waals surface area contributed by atoms with Crippen molar-refractivity contribution in [3.8, 4) is 11.1 Å². The smallest absolute Gasteiger partial charge is 0.358 e. The van der Waals surface area contributed by atoms with Crippen LogP contribution < -0.4 is 5.32 Å². The van der Waals surface area contributed by atoms with Gasteiger partial charge in [0.15, 0.2) is 0 Å². The zero-order chi connectivity index (χ0) is 16.7. The summed E-state index contributed by atoms with van der Waals surface area (Å²) < 4.78 is 39.2. The van der Waals surface area contributed by atoms with Crippen molar-refractivity contribution in [3.05, 3.63) is 59.3 Å². The fraction of sp³-hybridized carbons (Fsp3) is 0.263. The van der Waals surface area contributed by atoms with Gasteiger partial charge in [0.2, 0.25) is 0 Å². The van der Waals surface area contributed by atoms with Gasteiger partial charge in [0.05, 0.1) is 5.56 Å². The monoisotopic (exact) mass is 366 g/mol. The van der Waals surface area contributed by atoms with Crippen LogP contribution in [0.25, 0.3) is 22.0 Å². The maximum atomic E-state index is 13.1. The van der Waals surface area contributed by atoms with E-state index in [1.807, 2.05) is 18.2 Å². The largest absolute Gasteiger partial charge is 0.416 e. The Morgan fingerprint density at radius 3 is 2.48 bits per heavy atom. The van der Waals surface area contributed by atoms with Crippen LogP contribution in [0, 0.1) is 0 Å². The number of halogens is 4. The van der Waals surface area contributed by atoms with Crippen LogP contribution in [-0.2, 0) is 19.0 Å². The molecule has 132 valence electrons. The summed E-state index contributed by atoms with van der Waals surface area (Å²) in [4.78, 5) is 3.45. The highest BCUT2D eigenvalue weighted by atomic mass is 35.5. The Morgan fingerprint density at radius 1 is 0.920 bits per heavy atom. The van der Waals surface area contributed by atoms with Crippen molar-refractivity contribution >= 4 is 23.3 Å². The highest BCUT2D eigenvalue weighted by Gasteiger charge is 2.30. The van der Waals surface area contributed by atoms with E-state index >= 15 is 0 Å². The minimum Gasteiger partial charge on any atom is -0.358 e. The van der Waals surface area contributed by atoms with Crippen molar-refractivity contribution in [3.63, 3.8) is 0 Å². The van der Waals surface area contributed by atoms with Crippen LogP contribution >= 0.6 is 12.4 Å². The molecular formula is C19H18ClF3N2. The van der Waals surface area contributed by atoms with E-state index in [0.717, 1.165) is 48.5 Å². The van der Waals surface area contributed by atoms with Gasteiger partial charge in [-0.15, -0.1) is 12.4 Å². The minimum absolute atomic E-state index is 0. The number of nitrogens with one attached hydrogen (secondary N) is 2. The average Bonchev–Trinajstić information content (AvgIpc) is 2.76. The number of hydrogen-bond acceptors (Lipinski definition) is 1. The van der Waals surface area contributed by atoms with Gasteiger partial charge in [-0.25, -0.2) is 0 Å². The van der Waals surface area contributed by atoms with Gasteiger partial charge in [-0.3, -0.25) is 0 Å². The lowest BCUT2D eigenvalue weighted by Crippen LogP contribution is -2.16. The molecule has 1 aliphatic heterocycles. The van der Waals surface area contributed by atoms with Crippen LogP contribution in [-0.4, -0.2) is 18.1 Å². The van der Waals surface area contributed by atoms with E-state index in [1.165, 1.54) is 23.4 Å². The molecule has 2 N–H and O–H groups in total. The number of H-pyrrole nitrogens is 1. The molecule has 0 fully saturated rings. The molecule has 0 saturated carbocycles. The molecule has 0 amide bonds. The van der Waals surface area contributed by atoms with E-state index in [1.54, 1.807) is 6.07 Å². The van der Waals surface area contributed by atoms with Crippen LogP contribution in [0.15, 0.2) is 42.5 Å². The van der Waals surface area contributed by atoms with Gasteiger partial charge in [-0.1, -0.05) is 24.3 Å². The summed E-state index contributed by atoms with van der Waals surface area (Å²) in [5.41, 5.74) is 4.27.